The van der Waals surface area contributed by atoms with Crippen LogP contribution in [0.25, 0.3) is 11.3 Å². The molecule has 2 aromatic heterocycles. The normalized spacial score (nSPS) is 10.8. The summed E-state index contributed by atoms with van der Waals surface area (Å²) >= 11 is 0. The van der Waals surface area contributed by atoms with Gasteiger partial charge in [-0.1, -0.05) is 23.4 Å². The van der Waals surface area contributed by atoms with Crippen LogP contribution in [0.1, 0.15) is 27.2 Å². The van der Waals surface area contributed by atoms with E-state index in [1.807, 2.05) is 0 Å². The Morgan fingerprint density at radius 1 is 1.25 bits per heavy atom. The third-order valence-electron chi connectivity index (χ3n) is 3.85. The fraction of sp³-hybridized carbons (Fsp3) is 0.176. The Morgan fingerprint density at radius 2 is 2.04 bits per heavy atom. The van der Waals surface area contributed by atoms with Crippen molar-refractivity contribution >= 4 is 5.91 Å². The zero-order valence-corrected chi connectivity index (χ0v) is 13.4. The number of aromatic hydroxyl groups is 1. The molecule has 0 bridgehead atoms. The molecule has 0 saturated carbocycles. The molecule has 0 unspecified atom stereocenters. The molecule has 0 aliphatic heterocycles. The van der Waals surface area contributed by atoms with Crippen molar-refractivity contribution in [3.8, 4) is 17.0 Å². The lowest BCUT2D eigenvalue weighted by Gasteiger charge is -2.05. The number of aryl methyl sites for hydroxylation is 2. The summed E-state index contributed by atoms with van der Waals surface area (Å²) in [7, 11) is 0. The van der Waals surface area contributed by atoms with Crippen molar-refractivity contribution in [2.75, 3.05) is 0 Å². The fourth-order valence-corrected chi connectivity index (χ4v) is 2.38. The van der Waals surface area contributed by atoms with Crippen LogP contribution in [0.15, 0.2) is 36.7 Å². The Hall–Kier alpha value is -3.22. The van der Waals surface area contributed by atoms with Crippen LogP contribution >= 0.6 is 0 Å². The van der Waals surface area contributed by atoms with E-state index in [0.29, 0.717) is 17.8 Å². The minimum atomic E-state index is -0.780. The predicted octanol–water partition coefficient (Wildman–Crippen LogP) is 1.81. The van der Waals surface area contributed by atoms with Crippen LogP contribution in [0, 0.1) is 13.8 Å². The second kappa shape index (κ2) is 6.11. The van der Waals surface area contributed by atoms with E-state index in [1.165, 1.54) is 23.4 Å². The number of rotatable bonds is 4. The summed E-state index contributed by atoms with van der Waals surface area (Å²) in [4.78, 5) is 15.0. The van der Waals surface area contributed by atoms with Crippen LogP contribution in [0.5, 0.6) is 5.75 Å². The Balaban J connectivity index is 1.84. The van der Waals surface area contributed by atoms with Crippen molar-refractivity contribution in [1.82, 2.24) is 20.0 Å². The Labute approximate surface area is 138 Å². The number of nitrogens with two attached hydrogens (primary N) is 1. The largest absolute Gasteiger partial charge is 0.505 e. The fourth-order valence-electron chi connectivity index (χ4n) is 2.38. The smallest absolute Gasteiger partial charge is 0.271 e. The summed E-state index contributed by atoms with van der Waals surface area (Å²) in [5.74, 6) is -1.05. The number of pyridine rings is 1. The zero-order chi connectivity index (χ0) is 17.3. The third-order valence-corrected chi connectivity index (χ3v) is 3.85. The van der Waals surface area contributed by atoms with Crippen molar-refractivity contribution in [3.05, 3.63) is 59.0 Å². The average molecular weight is 323 g/mol. The van der Waals surface area contributed by atoms with Crippen molar-refractivity contribution in [3.63, 3.8) is 0 Å². The van der Waals surface area contributed by atoms with Crippen LogP contribution in [0.3, 0.4) is 0 Å². The summed E-state index contributed by atoms with van der Waals surface area (Å²) < 4.78 is 1.71. The molecular weight excluding hydrogens is 306 g/mol. The molecule has 3 aromatic rings. The maximum atomic E-state index is 11.1. The van der Waals surface area contributed by atoms with Crippen LogP contribution in [-0.4, -0.2) is 31.0 Å². The molecule has 3 rings (SSSR count). The first kappa shape index (κ1) is 15.7. The number of aromatic nitrogens is 4. The SMILES string of the molecule is Cc1ccc(Cn2cc(-c3cnc(C(N)=O)c(O)c3)nn2)cc1C. The van der Waals surface area contributed by atoms with Crippen molar-refractivity contribution in [1.29, 1.82) is 0 Å². The zero-order valence-electron chi connectivity index (χ0n) is 13.4. The van der Waals surface area contributed by atoms with E-state index < -0.39 is 5.91 Å². The summed E-state index contributed by atoms with van der Waals surface area (Å²) in [6.45, 7) is 4.73. The summed E-state index contributed by atoms with van der Waals surface area (Å²) in [5.41, 5.74) is 9.66. The molecule has 0 atom stereocenters. The van der Waals surface area contributed by atoms with E-state index in [4.69, 9.17) is 5.73 Å². The van der Waals surface area contributed by atoms with Gasteiger partial charge in [-0.05, 0) is 36.6 Å². The number of nitrogens with zero attached hydrogens (tertiary/aromatic N) is 4. The lowest BCUT2D eigenvalue weighted by Crippen LogP contribution is -2.13. The predicted molar refractivity (Wildman–Crippen MR) is 88.5 cm³/mol. The molecule has 7 nitrogen and oxygen atoms in total. The van der Waals surface area contributed by atoms with Gasteiger partial charge in [0.25, 0.3) is 5.91 Å². The van der Waals surface area contributed by atoms with Crippen molar-refractivity contribution in [2.24, 2.45) is 5.73 Å². The molecule has 24 heavy (non-hydrogen) atoms. The van der Waals surface area contributed by atoms with Gasteiger partial charge in [-0.25, -0.2) is 9.67 Å². The monoisotopic (exact) mass is 323 g/mol. The van der Waals surface area contributed by atoms with E-state index in [0.717, 1.165) is 5.56 Å². The van der Waals surface area contributed by atoms with Crippen LogP contribution in [0.2, 0.25) is 0 Å². The van der Waals surface area contributed by atoms with Crippen molar-refractivity contribution < 1.29 is 9.90 Å². The first-order valence-corrected chi connectivity index (χ1v) is 7.39. The molecule has 0 radical (unpaired) electrons. The number of hydrogen-bond acceptors (Lipinski definition) is 5. The molecule has 0 aliphatic rings. The maximum absolute atomic E-state index is 11.1. The molecular formula is C17H17N5O2. The van der Waals surface area contributed by atoms with E-state index >= 15 is 0 Å². The first-order chi connectivity index (χ1) is 11.4. The standard InChI is InChI=1S/C17H17N5O2/c1-10-3-4-12(5-11(10)2)8-22-9-14(20-21-22)13-6-15(23)16(17(18)24)19-7-13/h3-7,9,23H,8H2,1-2H3,(H2,18,24). The maximum Gasteiger partial charge on any atom is 0.271 e. The second-order valence-electron chi connectivity index (χ2n) is 5.68. The second-order valence-corrected chi connectivity index (χ2v) is 5.68. The number of hydrogen-bond donors (Lipinski definition) is 2. The molecule has 0 saturated heterocycles. The number of amides is 1. The first-order valence-electron chi connectivity index (χ1n) is 7.39. The van der Waals surface area contributed by atoms with Gasteiger partial charge in [0.15, 0.2) is 5.69 Å². The molecule has 3 N–H and O–H groups in total. The molecule has 1 amide bonds. The van der Waals surface area contributed by atoms with Gasteiger partial charge in [0.05, 0.1) is 12.7 Å². The topological polar surface area (TPSA) is 107 Å². The van der Waals surface area contributed by atoms with Gasteiger partial charge in [0.2, 0.25) is 0 Å². The van der Waals surface area contributed by atoms with E-state index in [-0.39, 0.29) is 11.4 Å². The molecule has 0 spiro atoms. The molecule has 122 valence electrons. The minimum Gasteiger partial charge on any atom is -0.505 e. The Bertz CT molecular complexity index is 917. The molecule has 2 heterocycles. The Morgan fingerprint density at radius 3 is 2.71 bits per heavy atom. The van der Waals surface area contributed by atoms with Crippen LogP contribution in [-0.2, 0) is 6.54 Å². The highest BCUT2D eigenvalue weighted by Crippen LogP contribution is 2.23. The van der Waals surface area contributed by atoms with E-state index in [9.17, 15) is 9.90 Å². The van der Waals surface area contributed by atoms with Gasteiger partial charge in [0.1, 0.15) is 11.4 Å². The van der Waals surface area contributed by atoms with Crippen LogP contribution < -0.4 is 5.73 Å². The van der Waals surface area contributed by atoms with Gasteiger partial charge < -0.3 is 10.8 Å². The van der Waals surface area contributed by atoms with E-state index in [1.54, 1.807) is 10.9 Å². The van der Waals surface area contributed by atoms with Crippen LogP contribution in [0.4, 0.5) is 0 Å². The molecule has 0 fully saturated rings. The lowest BCUT2D eigenvalue weighted by molar-refractivity contribution is 0.0993. The highest BCUT2D eigenvalue weighted by molar-refractivity contribution is 5.93. The molecule has 1 aromatic carbocycles. The highest BCUT2D eigenvalue weighted by Gasteiger charge is 2.12. The average Bonchev–Trinajstić information content (AvgIpc) is 2.99. The quantitative estimate of drug-likeness (QED) is 0.761. The number of benzene rings is 1. The number of carbonyl (C=O) groups is 1. The number of primary amides is 1. The molecule has 0 aliphatic carbocycles. The summed E-state index contributed by atoms with van der Waals surface area (Å²) in [5, 5.41) is 18.0. The van der Waals surface area contributed by atoms with Gasteiger partial charge in [-0.3, -0.25) is 4.79 Å². The van der Waals surface area contributed by atoms with Gasteiger partial charge in [-0.15, -0.1) is 5.10 Å². The third kappa shape index (κ3) is 3.10. The summed E-state index contributed by atoms with van der Waals surface area (Å²) in [6.07, 6.45) is 3.19. The highest BCUT2D eigenvalue weighted by atomic mass is 16.3. The molecule has 7 heteroatoms. The number of carbonyl (C=O) groups excluding carboxylic acids is 1. The van der Waals surface area contributed by atoms with Crippen molar-refractivity contribution in [2.45, 2.75) is 20.4 Å². The van der Waals surface area contributed by atoms with Gasteiger partial charge in [0, 0.05) is 11.8 Å². The van der Waals surface area contributed by atoms with Gasteiger partial charge in [-0.2, -0.15) is 0 Å². The van der Waals surface area contributed by atoms with Gasteiger partial charge >= 0.3 is 0 Å². The lowest BCUT2D eigenvalue weighted by atomic mass is 10.1. The Kier molecular flexibility index (Phi) is 3.99. The minimum absolute atomic E-state index is 0.165. The van der Waals surface area contributed by atoms with E-state index in [2.05, 4.69) is 47.3 Å². The summed E-state index contributed by atoms with van der Waals surface area (Å²) in [6, 6.07) is 7.65.